The van der Waals surface area contributed by atoms with Crippen molar-refractivity contribution in [2.24, 2.45) is 11.1 Å². The number of ether oxygens (including phenoxy) is 1. The predicted molar refractivity (Wildman–Crippen MR) is 89.6 cm³/mol. The van der Waals surface area contributed by atoms with Crippen LogP contribution in [0.1, 0.15) is 20.8 Å². The number of hydrogen-bond acceptors (Lipinski definition) is 7. The number of nitrogens with zero attached hydrogens (tertiary/aromatic N) is 2. The number of pyridine rings is 1. The second-order valence-electron chi connectivity index (χ2n) is 5.66. The van der Waals surface area contributed by atoms with Gasteiger partial charge in [0.15, 0.2) is 6.61 Å². The maximum absolute atomic E-state index is 11.8. The molecular weight excluding hydrogens is 314 g/mol. The van der Waals surface area contributed by atoms with Crippen molar-refractivity contribution in [1.29, 1.82) is 0 Å². The normalized spacial score (nSPS) is 15.7. The number of aliphatic hydroxyl groups excluding tert-OH is 2. The summed E-state index contributed by atoms with van der Waals surface area (Å²) in [6.45, 7) is 4.86. The van der Waals surface area contributed by atoms with Crippen LogP contribution in [0.25, 0.3) is 0 Å². The number of amides is 1. The maximum Gasteiger partial charge on any atom is 0.265 e. The third-order valence-electron chi connectivity index (χ3n) is 3.24. The fraction of sp³-hybridized carbons (Fsp3) is 0.562. The summed E-state index contributed by atoms with van der Waals surface area (Å²) in [5, 5.41) is 26.1. The molecule has 0 bridgehead atoms. The van der Waals surface area contributed by atoms with Gasteiger partial charge in [0.1, 0.15) is 17.9 Å². The van der Waals surface area contributed by atoms with Crippen LogP contribution in [-0.4, -0.2) is 58.8 Å². The zero-order valence-corrected chi connectivity index (χ0v) is 14.3. The Balaban J connectivity index is 2.71. The van der Waals surface area contributed by atoms with E-state index in [2.05, 4.69) is 15.5 Å². The Morgan fingerprint density at radius 2 is 1.92 bits per heavy atom. The van der Waals surface area contributed by atoms with E-state index in [4.69, 9.17) is 9.57 Å². The highest BCUT2D eigenvalue weighted by atomic mass is 16.6. The summed E-state index contributed by atoms with van der Waals surface area (Å²) in [5.74, 6) is -0.411. The highest BCUT2D eigenvalue weighted by Crippen LogP contribution is 2.13. The summed E-state index contributed by atoms with van der Waals surface area (Å²) in [6.07, 6.45) is 0.266. The highest BCUT2D eigenvalue weighted by molar-refractivity contribution is 5.93. The van der Waals surface area contributed by atoms with Gasteiger partial charge in [-0.15, -0.1) is 0 Å². The molecule has 1 amide bonds. The van der Waals surface area contributed by atoms with Gasteiger partial charge < -0.3 is 25.1 Å². The van der Waals surface area contributed by atoms with E-state index in [0.717, 1.165) is 0 Å². The first kappa shape index (κ1) is 20.0. The van der Waals surface area contributed by atoms with Crippen molar-refractivity contribution in [2.45, 2.75) is 39.1 Å². The Morgan fingerprint density at radius 3 is 2.42 bits per heavy atom. The molecule has 8 heteroatoms. The summed E-state index contributed by atoms with van der Waals surface area (Å²) in [5.41, 5.74) is 0.725. The lowest BCUT2D eigenvalue weighted by atomic mass is 9.96. The molecule has 1 rings (SSSR count). The van der Waals surface area contributed by atoms with Crippen LogP contribution in [0, 0.1) is 5.92 Å². The zero-order chi connectivity index (χ0) is 18.1. The third kappa shape index (κ3) is 6.23. The molecule has 0 aromatic carbocycles. The molecular formula is C16H25N3O5. The molecule has 0 radical (unpaired) electrons. The van der Waals surface area contributed by atoms with Crippen LogP contribution >= 0.6 is 0 Å². The molecule has 8 nitrogen and oxygen atoms in total. The molecule has 3 atom stereocenters. The molecule has 3 N–H and O–H groups in total. The number of nitrogens with one attached hydrogen (secondary N) is 1. The van der Waals surface area contributed by atoms with Crippen molar-refractivity contribution in [3.05, 3.63) is 24.5 Å². The van der Waals surface area contributed by atoms with E-state index in [1.54, 1.807) is 24.5 Å². The minimum absolute atomic E-state index is 0.00334. The summed E-state index contributed by atoms with van der Waals surface area (Å²) < 4.78 is 5.31. The minimum Gasteiger partial charge on any atom is -0.390 e. The lowest BCUT2D eigenvalue weighted by molar-refractivity contribution is -0.120. The first-order valence-electron chi connectivity index (χ1n) is 7.65. The number of aromatic nitrogens is 1. The number of oxime groups is 1. The standard InChI is InChI=1S/C16H25N3O5/c1-10(2)16(23-4)14(15(22)11(3)20)19-24-9-13(21)18-12-5-7-17-8-6-12/h5-8,10-11,15-16,20,22H,9H2,1-4H3,(H,17,18,21)/b19-14+/t11-,15+,16+/m1/s1. The Labute approximate surface area is 141 Å². The lowest BCUT2D eigenvalue weighted by Gasteiger charge is -2.25. The van der Waals surface area contributed by atoms with E-state index >= 15 is 0 Å². The van der Waals surface area contributed by atoms with Crippen molar-refractivity contribution in [3.8, 4) is 0 Å². The number of methoxy groups -OCH3 is 1. The first-order chi connectivity index (χ1) is 11.4. The molecule has 0 saturated carbocycles. The summed E-state index contributed by atoms with van der Waals surface area (Å²) in [6, 6.07) is 3.28. The average Bonchev–Trinajstić information content (AvgIpc) is 2.53. The second kappa shape index (κ2) is 9.96. The molecule has 0 fully saturated rings. The van der Waals surface area contributed by atoms with E-state index in [1.807, 2.05) is 13.8 Å². The van der Waals surface area contributed by atoms with Crippen LogP contribution in [0.4, 0.5) is 5.69 Å². The number of rotatable bonds is 9. The van der Waals surface area contributed by atoms with E-state index in [9.17, 15) is 15.0 Å². The first-order valence-corrected chi connectivity index (χ1v) is 7.65. The van der Waals surface area contributed by atoms with Crippen LogP contribution in [0.5, 0.6) is 0 Å². The third-order valence-corrected chi connectivity index (χ3v) is 3.24. The van der Waals surface area contributed by atoms with Gasteiger partial charge in [-0.05, 0) is 25.0 Å². The topological polar surface area (TPSA) is 113 Å². The number of anilines is 1. The quantitative estimate of drug-likeness (QED) is 0.453. The highest BCUT2D eigenvalue weighted by Gasteiger charge is 2.29. The molecule has 0 spiro atoms. The fourth-order valence-electron chi connectivity index (χ4n) is 2.05. The summed E-state index contributed by atoms with van der Waals surface area (Å²) in [7, 11) is 1.48. The van der Waals surface area contributed by atoms with Gasteiger partial charge in [0.05, 0.1) is 6.10 Å². The van der Waals surface area contributed by atoms with Crippen LogP contribution < -0.4 is 5.32 Å². The molecule has 24 heavy (non-hydrogen) atoms. The van der Waals surface area contributed by atoms with Crippen molar-refractivity contribution >= 4 is 17.3 Å². The zero-order valence-electron chi connectivity index (χ0n) is 14.3. The van der Waals surface area contributed by atoms with Gasteiger partial charge in [0.2, 0.25) is 0 Å². The smallest absolute Gasteiger partial charge is 0.265 e. The van der Waals surface area contributed by atoms with Gasteiger partial charge >= 0.3 is 0 Å². The van der Waals surface area contributed by atoms with Crippen LogP contribution in [-0.2, 0) is 14.4 Å². The van der Waals surface area contributed by atoms with Crippen LogP contribution in [0.15, 0.2) is 29.7 Å². The molecule has 134 valence electrons. The Hall–Kier alpha value is -2.03. The van der Waals surface area contributed by atoms with Crippen molar-refractivity contribution < 1.29 is 24.6 Å². The summed E-state index contributed by atoms with van der Waals surface area (Å²) in [4.78, 5) is 20.7. The van der Waals surface area contributed by atoms with Crippen LogP contribution in [0.2, 0.25) is 0 Å². The lowest BCUT2D eigenvalue weighted by Crippen LogP contribution is -2.42. The van der Waals surface area contributed by atoms with Gasteiger partial charge in [0.25, 0.3) is 5.91 Å². The van der Waals surface area contributed by atoms with Gasteiger partial charge in [-0.3, -0.25) is 9.78 Å². The molecule has 0 saturated heterocycles. The molecule has 1 aromatic heterocycles. The maximum atomic E-state index is 11.8. The molecule has 1 aromatic rings. The van der Waals surface area contributed by atoms with E-state index in [-0.39, 0.29) is 18.2 Å². The second-order valence-corrected chi connectivity index (χ2v) is 5.66. The minimum atomic E-state index is -1.25. The average molecular weight is 339 g/mol. The largest absolute Gasteiger partial charge is 0.390 e. The fourth-order valence-corrected chi connectivity index (χ4v) is 2.05. The van der Waals surface area contributed by atoms with Crippen molar-refractivity contribution in [2.75, 3.05) is 19.0 Å². The van der Waals surface area contributed by atoms with Crippen LogP contribution in [0.3, 0.4) is 0 Å². The molecule has 1 heterocycles. The molecule has 0 aliphatic carbocycles. The molecule has 0 unspecified atom stereocenters. The predicted octanol–water partition coefficient (Wildman–Crippen LogP) is 0.805. The number of aliphatic hydroxyl groups is 2. The number of carbonyl (C=O) groups is 1. The number of hydrogen-bond donors (Lipinski definition) is 3. The monoisotopic (exact) mass is 339 g/mol. The van der Waals surface area contributed by atoms with Crippen molar-refractivity contribution in [3.63, 3.8) is 0 Å². The number of carbonyl (C=O) groups excluding carboxylic acids is 1. The Bertz CT molecular complexity index is 534. The van der Waals surface area contributed by atoms with Gasteiger partial charge in [-0.25, -0.2) is 0 Å². The molecule has 0 aliphatic rings. The SMILES string of the molecule is CO[C@H](/C(=N/OCC(=O)Nc1ccncc1)[C@@H](O)[C@@H](C)O)C(C)C. The molecule has 0 aliphatic heterocycles. The Morgan fingerprint density at radius 1 is 1.29 bits per heavy atom. The summed E-state index contributed by atoms with van der Waals surface area (Å²) >= 11 is 0. The van der Waals surface area contributed by atoms with Crippen molar-refractivity contribution in [1.82, 2.24) is 4.98 Å². The van der Waals surface area contributed by atoms with Gasteiger partial charge in [-0.2, -0.15) is 0 Å². The van der Waals surface area contributed by atoms with E-state index < -0.39 is 24.2 Å². The van der Waals surface area contributed by atoms with E-state index in [1.165, 1.54) is 14.0 Å². The Kier molecular flexibility index (Phi) is 8.31. The van der Waals surface area contributed by atoms with Gasteiger partial charge in [0, 0.05) is 25.2 Å². The van der Waals surface area contributed by atoms with E-state index in [0.29, 0.717) is 5.69 Å². The van der Waals surface area contributed by atoms with Gasteiger partial charge in [-0.1, -0.05) is 19.0 Å².